The van der Waals surface area contributed by atoms with E-state index >= 15 is 0 Å². The third-order valence-electron chi connectivity index (χ3n) is 8.26. The van der Waals surface area contributed by atoms with Crippen LogP contribution in [0.15, 0.2) is 120 Å². The first kappa shape index (κ1) is 30.0. The molecular formula is C35H31N3O6S. The first-order chi connectivity index (χ1) is 21.8. The number of carbonyl (C=O) groups excluding carboxylic acids is 2. The molecular weight excluding hydrogens is 590 g/mol. The second-order valence-electron chi connectivity index (χ2n) is 10.9. The van der Waals surface area contributed by atoms with Gasteiger partial charge in [0.25, 0.3) is 5.69 Å². The van der Waals surface area contributed by atoms with Crippen molar-refractivity contribution in [2.75, 3.05) is 11.1 Å². The normalized spacial score (nSPS) is 17.8. The SMILES string of the molecule is CCS(=O)C1=C(C(=O)OCc2ccc([N+](=O)[O-])cc2)N2C(=O)CC2C1.c1ccc(C2(c3ccccc3)Nc3cccc2c3)cc1. The molecule has 4 aromatic carbocycles. The van der Waals surface area contributed by atoms with E-state index in [0.29, 0.717) is 29.1 Å². The van der Waals surface area contributed by atoms with Crippen LogP contribution < -0.4 is 5.32 Å². The average molecular weight is 622 g/mol. The van der Waals surface area contributed by atoms with Gasteiger partial charge in [-0.05, 0) is 46.5 Å². The number of nitro groups is 1. The zero-order valence-electron chi connectivity index (χ0n) is 24.6. The van der Waals surface area contributed by atoms with E-state index in [2.05, 4.69) is 90.2 Å². The molecule has 4 aromatic rings. The number of benzene rings is 4. The first-order valence-electron chi connectivity index (χ1n) is 14.7. The molecule has 1 N–H and O–H groups in total. The van der Waals surface area contributed by atoms with E-state index in [4.69, 9.17) is 4.74 Å². The van der Waals surface area contributed by atoms with Crippen LogP contribution in [0, 0.1) is 10.1 Å². The standard InChI is InChI=1S/C19H15N.C16H16N2O6S/c1-3-8-15(9-4-1)19(16-10-5-2-6-11-16)17-12-7-13-18(14-17)20-19;1-2-25(23)13-7-12-8-14(19)17(12)15(13)16(20)24-9-10-3-5-11(6-4-10)18(21)22/h1-14,20H;3-6,12H,2,7-9H2,1H3. The highest BCUT2D eigenvalue weighted by atomic mass is 32.2. The minimum absolute atomic E-state index is 0.0526. The van der Waals surface area contributed by atoms with E-state index in [1.165, 1.54) is 51.5 Å². The zero-order valence-corrected chi connectivity index (χ0v) is 25.4. The number of nitrogens with one attached hydrogen (secondary N) is 1. The number of non-ortho nitro benzene ring substituents is 1. The minimum Gasteiger partial charge on any atom is -0.456 e. The number of β-lactam (4-membered cyclic amide) rings is 1. The zero-order chi connectivity index (χ0) is 31.6. The van der Waals surface area contributed by atoms with Crippen LogP contribution in [0.3, 0.4) is 0 Å². The maximum Gasteiger partial charge on any atom is 0.356 e. The van der Waals surface area contributed by atoms with Gasteiger partial charge in [0.2, 0.25) is 5.91 Å². The molecule has 2 bridgehead atoms. The number of ether oxygens (including phenoxy) is 1. The molecule has 3 aliphatic rings. The van der Waals surface area contributed by atoms with Crippen LogP contribution in [0.1, 0.15) is 42.0 Å². The quantitative estimate of drug-likeness (QED) is 0.111. The molecule has 0 saturated carbocycles. The minimum atomic E-state index is -1.32. The van der Waals surface area contributed by atoms with Crippen LogP contribution in [-0.2, 0) is 37.3 Å². The largest absolute Gasteiger partial charge is 0.456 e. The lowest BCUT2D eigenvalue weighted by molar-refractivity contribution is -0.384. The summed E-state index contributed by atoms with van der Waals surface area (Å²) in [4.78, 5) is 36.2. The summed E-state index contributed by atoms with van der Waals surface area (Å²) in [5, 5.41) is 14.3. The van der Waals surface area contributed by atoms with Crippen molar-refractivity contribution in [3.63, 3.8) is 0 Å². The van der Waals surface area contributed by atoms with Crippen molar-refractivity contribution in [1.29, 1.82) is 0 Å². The molecule has 45 heavy (non-hydrogen) atoms. The van der Waals surface area contributed by atoms with Crippen LogP contribution in [0.2, 0.25) is 0 Å². The van der Waals surface area contributed by atoms with Gasteiger partial charge in [-0.15, -0.1) is 0 Å². The third-order valence-corrected chi connectivity index (χ3v) is 9.69. The van der Waals surface area contributed by atoms with Crippen LogP contribution in [0.5, 0.6) is 0 Å². The predicted molar refractivity (Wildman–Crippen MR) is 171 cm³/mol. The summed E-state index contributed by atoms with van der Waals surface area (Å²) < 4.78 is 17.4. The lowest BCUT2D eigenvalue weighted by Crippen LogP contribution is -2.49. The molecule has 0 aliphatic carbocycles. The van der Waals surface area contributed by atoms with Crippen LogP contribution in [-0.4, -0.2) is 37.7 Å². The van der Waals surface area contributed by atoms with Crippen molar-refractivity contribution in [1.82, 2.24) is 4.90 Å². The lowest BCUT2D eigenvalue weighted by Gasteiger charge is -2.35. The Hall–Kier alpha value is -5.09. The number of amides is 1. The molecule has 2 unspecified atom stereocenters. The Balaban J connectivity index is 0.000000162. The van der Waals surface area contributed by atoms with Crippen molar-refractivity contribution in [3.05, 3.63) is 152 Å². The molecule has 3 aliphatic heterocycles. The smallest absolute Gasteiger partial charge is 0.356 e. The predicted octanol–water partition coefficient (Wildman–Crippen LogP) is 6.03. The van der Waals surface area contributed by atoms with Gasteiger partial charge in [-0.1, -0.05) is 79.7 Å². The van der Waals surface area contributed by atoms with Crippen molar-refractivity contribution in [2.45, 2.75) is 38.0 Å². The fourth-order valence-electron chi connectivity index (χ4n) is 6.06. The van der Waals surface area contributed by atoms with Gasteiger partial charge in [0.1, 0.15) is 17.8 Å². The van der Waals surface area contributed by atoms with Gasteiger partial charge in [0.05, 0.1) is 21.8 Å². The van der Waals surface area contributed by atoms with Crippen molar-refractivity contribution in [2.24, 2.45) is 0 Å². The number of carbonyl (C=O) groups is 2. The van der Waals surface area contributed by atoms with E-state index in [1.807, 2.05) is 0 Å². The maximum absolute atomic E-state index is 12.4. The molecule has 0 aromatic heterocycles. The summed E-state index contributed by atoms with van der Waals surface area (Å²) in [6.45, 7) is 1.67. The van der Waals surface area contributed by atoms with Crippen molar-refractivity contribution >= 4 is 34.1 Å². The Morgan fingerprint density at radius 1 is 0.933 bits per heavy atom. The van der Waals surface area contributed by atoms with E-state index in [9.17, 15) is 23.9 Å². The van der Waals surface area contributed by atoms with Crippen LogP contribution in [0.25, 0.3) is 0 Å². The van der Waals surface area contributed by atoms with E-state index in [-0.39, 0.29) is 35.5 Å². The molecule has 10 heteroatoms. The van der Waals surface area contributed by atoms with Gasteiger partial charge in [-0.25, -0.2) is 4.79 Å². The summed E-state index contributed by atoms with van der Waals surface area (Å²) in [6, 6.07) is 35.5. The Morgan fingerprint density at radius 2 is 1.56 bits per heavy atom. The molecule has 7 rings (SSSR count). The van der Waals surface area contributed by atoms with Crippen LogP contribution >= 0.6 is 0 Å². The highest BCUT2D eigenvalue weighted by molar-refractivity contribution is 7.89. The Labute approximate surface area is 263 Å². The first-order valence-corrected chi connectivity index (χ1v) is 16.0. The number of anilines is 1. The molecule has 1 amide bonds. The summed E-state index contributed by atoms with van der Waals surface area (Å²) in [5.74, 6) is -0.496. The average Bonchev–Trinajstić information content (AvgIpc) is 3.54. The second kappa shape index (κ2) is 12.5. The molecule has 228 valence electrons. The van der Waals surface area contributed by atoms with Gasteiger partial charge < -0.3 is 15.0 Å². The summed E-state index contributed by atoms with van der Waals surface area (Å²) in [7, 11) is -1.32. The molecule has 0 spiro atoms. The summed E-state index contributed by atoms with van der Waals surface area (Å²) in [5.41, 5.74) is 5.39. The number of nitrogens with zero attached hydrogens (tertiary/aromatic N) is 2. The van der Waals surface area contributed by atoms with Crippen molar-refractivity contribution in [3.8, 4) is 0 Å². The Morgan fingerprint density at radius 3 is 2.11 bits per heavy atom. The topological polar surface area (TPSA) is 119 Å². The van der Waals surface area contributed by atoms with E-state index < -0.39 is 21.7 Å². The molecule has 9 nitrogen and oxygen atoms in total. The van der Waals surface area contributed by atoms with E-state index in [0.717, 1.165) is 0 Å². The van der Waals surface area contributed by atoms with Gasteiger partial charge in [0, 0.05) is 41.3 Å². The summed E-state index contributed by atoms with van der Waals surface area (Å²) in [6.07, 6.45) is 0.789. The number of nitro benzene ring substituents is 1. The molecule has 3 heterocycles. The Kier molecular flexibility index (Phi) is 8.32. The van der Waals surface area contributed by atoms with Crippen molar-refractivity contribution < 1.29 is 23.5 Å². The highest BCUT2D eigenvalue weighted by Crippen LogP contribution is 2.45. The highest BCUT2D eigenvalue weighted by Gasteiger charge is 2.49. The monoisotopic (exact) mass is 621 g/mol. The maximum atomic E-state index is 12.4. The number of hydrogen-bond donors (Lipinski definition) is 1. The van der Waals surface area contributed by atoms with Gasteiger partial charge >= 0.3 is 5.97 Å². The fourth-order valence-corrected chi connectivity index (χ4v) is 7.18. The number of fused-ring (bicyclic) bond motifs is 3. The van der Waals surface area contributed by atoms with Gasteiger partial charge in [-0.3, -0.25) is 19.1 Å². The van der Waals surface area contributed by atoms with Crippen LogP contribution in [0.4, 0.5) is 11.4 Å². The number of hydrogen-bond acceptors (Lipinski definition) is 7. The van der Waals surface area contributed by atoms with E-state index in [1.54, 1.807) is 6.92 Å². The van der Waals surface area contributed by atoms with Gasteiger partial charge in [-0.2, -0.15) is 0 Å². The van der Waals surface area contributed by atoms with Gasteiger partial charge in [0.15, 0.2) is 0 Å². The Bertz CT molecular complexity index is 1770. The number of rotatable bonds is 8. The number of esters is 1. The second-order valence-corrected chi connectivity index (χ2v) is 12.7. The molecule has 0 radical (unpaired) electrons. The lowest BCUT2D eigenvalue weighted by atomic mass is 9.79. The summed E-state index contributed by atoms with van der Waals surface area (Å²) >= 11 is 0. The molecule has 1 fully saturated rings. The molecule has 1 saturated heterocycles. The molecule has 2 atom stereocenters. The third kappa shape index (κ3) is 5.64. The fraction of sp³-hybridized carbons (Fsp3) is 0.200.